The first kappa shape index (κ1) is 11.2. The van der Waals surface area contributed by atoms with Gasteiger partial charge in [0.15, 0.2) is 5.65 Å². The van der Waals surface area contributed by atoms with E-state index in [0.717, 1.165) is 16.3 Å². The minimum atomic E-state index is 0.617. The van der Waals surface area contributed by atoms with Gasteiger partial charge >= 0.3 is 0 Å². The van der Waals surface area contributed by atoms with Crippen LogP contribution in [0.1, 0.15) is 13.8 Å². The molecule has 0 radical (unpaired) electrons. The Kier molecular flexibility index (Phi) is 3.28. The zero-order chi connectivity index (χ0) is 11.5. The summed E-state index contributed by atoms with van der Waals surface area (Å²) >= 11 is 1.73. The second kappa shape index (κ2) is 4.69. The van der Waals surface area contributed by atoms with Crippen LogP contribution >= 0.6 is 11.8 Å². The van der Waals surface area contributed by atoms with Gasteiger partial charge in [-0.15, -0.1) is 11.8 Å². The van der Waals surface area contributed by atoms with Gasteiger partial charge in [0.1, 0.15) is 10.5 Å². The molecule has 0 spiro atoms. The molecule has 2 rings (SSSR count). The van der Waals surface area contributed by atoms with Crippen LogP contribution in [-0.2, 0) is 0 Å². The van der Waals surface area contributed by atoms with Crippen molar-refractivity contribution in [2.75, 3.05) is 18.1 Å². The molecule has 6 heteroatoms. The second-order valence-electron chi connectivity index (χ2n) is 3.91. The number of hydrogen-bond donors (Lipinski definition) is 2. The van der Waals surface area contributed by atoms with Crippen LogP contribution in [0, 0.1) is 5.92 Å². The molecule has 0 aliphatic heterocycles. The highest BCUT2D eigenvalue weighted by Crippen LogP contribution is 2.25. The molecule has 0 aromatic carbocycles. The molecule has 2 heterocycles. The van der Waals surface area contributed by atoms with Crippen molar-refractivity contribution in [2.24, 2.45) is 5.92 Å². The van der Waals surface area contributed by atoms with Crippen molar-refractivity contribution >= 4 is 28.9 Å². The monoisotopic (exact) mass is 237 g/mol. The summed E-state index contributed by atoms with van der Waals surface area (Å²) in [6, 6.07) is 0. The van der Waals surface area contributed by atoms with Gasteiger partial charge in [-0.2, -0.15) is 4.98 Å². The van der Waals surface area contributed by atoms with Crippen LogP contribution in [0.15, 0.2) is 11.4 Å². The van der Waals surface area contributed by atoms with Gasteiger partial charge in [-0.3, -0.25) is 0 Å². The zero-order valence-corrected chi connectivity index (χ0v) is 10.4. The van der Waals surface area contributed by atoms with Gasteiger partial charge in [-0.05, 0) is 5.92 Å². The molecule has 0 fully saturated rings. The predicted octanol–water partition coefficient (Wildman–Crippen LogP) is 2.14. The first-order valence-corrected chi connectivity index (χ1v) is 6.21. The summed E-state index contributed by atoms with van der Waals surface area (Å²) in [5.41, 5.74) is 1.63. The molecule has 0 bridgehead atoms. The molecule has 0 amide bonds. The van der Waals surface area contributed by atoms with Gasteiger partial charge in [0.2, 0.25) is 5.95 Å². The number of nitrogens with one attached hydrogen (secondary N) is 2. The Morgan fingerprint density at radius 2 is 2.25 bits per heavy atom. The quantitative estimate of drug-likeness (QED) is 0.630. The van der Waals surface area contributed by atoms with Crippen molar-refractivity contribution in [3.05, 3.63) is 6.33 Å². The summed E-state index contributed by atoms with van der Waals surface area (Å²) < 4.78 is 0. The number of nitrogens with zero attached hydrogens (tertiary/aromatic N) is 3. The van der Waals surface area contributed by atoms with Crippen LogP contribution in [-0.4, -0.2) is 32.7 Å². The number of H-pyrrole nitrogens is 1. The minimum absolute atomic E-state index is 0.617. The van der Waals surface area contributed by atoms with Crippen molar-refractivity contribution < 1.29 is 0 Å². The van der Waals surface area contributed by atoms with Gasteiger partial charge < -0.3 is 10.3 Å². The van der Waals surface area contributed by atoms with Crippen LogP contribution in [0.3, 0.4) is 0 Å². The van der Waals surface area contributed by atoms with Crippen LogP contribution in [0.2, 0.25) is 0 Å². The summed E-state index contributed by atoms with van der Waals surface area (Å²) in [7, 11) is 1.81. The average Bonchev–Trinajstić information content (AvgIpc) is 2.73. The third-order valence-corrected chi connectivity index (χ3v) is 3.43. The van der Waals surface area contributed by atoms with E-state index < -0.39 is 0 Å². The Hall–Kier alpha value is -1.30. The summed E-state index contributed by atoms with van der Waals surface area (Å²) in [6.45, 7) is 4.38. The van der Waals surface area contributed by atoms with E-state index in [2.05, 4.69) is 39.1 Å². The average molecular weight is 237 g/mol. The fourth-order valence-electron chi connectivity index (χ4n) is 1.27. The number of aromatic nitrogens is 4. The first-order valence-electron chi connectivity index (χ1n) is 5.22. The first-order chi connectivity index (χ1) is 7.70. The lowest BCUT2D eigenvalue weighted by Crippen LogP contribution is -1.99. The number of imidazole rings is 1. The SMILES string of the molecule is CNc1nc(SCC(C)C)c2[nH]cnc2n1. The molecular formula is C10H15N5S. The van der Waals surface area contributed by atoms with Gasteiger partial charge in [0, 0.05) is 12.8 Å². The van der Waals surface area contributed by atoms with Gasteiger partial charge in [0.25, 0.3) is 0 Å². The zero-order valence-electron chi connectivity index (χ0n) is 9.61. The number of fused-ring (bicyclic) bond motifs is 1. The third-order valence-electron chi connectivity index (χ3n) is 2.03. The standard InChI is InChI=1S/C10H15N5S/c1-6(2)4-16-9-7-8(13-5-12-7)14-10(11-3)15-9/h5-6H,4H2,1-3H3,(H2,11,12,13,14,15). The van der Waals surface area contributed by atoms with Crippen molar-refractivity contribution in [3.8, 4) is 0 Å². The van der Waals surface area contributed by atoms with E-state index in [-0.39, 0.29) is 0 Å². The van der Waals surface area contributed by atoms with Gasteiger partial charge in [-0.1, -0.05) is 13.8 Å². The smallest absolute Gasteiger partial charge is 0.225 e. The third kappa shape index (κ3) is 2.27. The highest BCUT2D eigenvalue weighted by Gasteiger charge is 2.10. The Morgan fingerprint density at radius 1 is 1.44 bits per heavy atom. The van der Waals surface area contributed by atoms with Crippen molar-refractivity contribution in [2.45, 2.75) is 18.9 Å². The maximum atomic E-state index is 4.43. The Balaban J connectivity index is 2.36. The number of aromatic amines is 1. The Labute approximate surface area is 98.5 Å². The topological polar surface area (TPSA) is 66.5 Å². The maximum absolute atomic E-state index is 4.43. The van der Waals surface area contributed by atoms with E-state index in [9.17, 15) is 0 Å². The number of anilines is 1. The van der Waals surface area contributed by atoms with E-state index in [1.165, 1.54) is 0 Å². The number of hydrogen-bond acceptors (Lipinski definition) is 5. The van der Waals surface area contributed by atoms with Crippen molar-refractivity contribution in [3.63, 3.8) is 0 Å². The number of thioether (sulfide) groups is 1. The van der Waals surface area contributed by atoms with E-state index in [1.807, 2.05) is 7.05 Å². The highest BCUT2D eigenvalue weighted by molar-refractivity contribution is 7.99. The van der Waals surface area contributed by atoms with Crippen molar-refractivity contribution in [1.82, 2.24) is 19.9 Å². The lowest BCUT2D eigenvalue weighted by Gasteiger charge is -2.06. The van der Waals surface area contributed by atoms with E-state index in [1.54, 1.807) is 18.1 Å². The molecule has 16 heavy (non-hydrogen) atoms. The molecule has 0 saturated carbocycles. The fourth-order valence-corrected chi connectivity index (χ4v) is 2.21. The van der Waals surface area contributed by atoms with E-state index in [4.69, 9.17) is 0 Å². The number of rotatable bonds is 4. The molecule has 0 atom stereocenters. The van der Waals surface area contributed by atoms with Crippen LogP contribution in [0.25, 0.3) is 11.2 Å². The molecule has 86 valence electrons. The lowest BCUT2D eigenvalue weighted by atomic mass is 10.3. The summed E-state index contributed by atoms with van der Waals surface area (Å²) in [6.07, 6.45) is 1.65. The molecule has 0 saturated heterocycles. The van der Waals surface area contributed by atoms with Gasteiger partial charge in [0.05, 0.1) is 6.33 Å². The normalized spacial score (nSPS) is 11.2. The molecular weight excluding hydrogens is 222 g/mol. The van der Waals surface area contributed by atoms with Crippen LogP contribution in [0.5, 0.6) is 0 Å². The van der Waals surface area contributed by atoms with Crippen LogP contribution < -0.4 is 5.32 Å². The molecule has 5 nitrogen and oxygen atoms in total. The second-order valence-corrected chi connectivity index (χ2v) is 4.92. The fraction of sp³-hybridized carbons (Fsp3) is 0.500. The Morgan fingerprint density at radius 3 is 2.94 bits per heavy atom. The van der Waals surface area contributed by atoms with Crippen LogP contribution in [0.4, 0.5) is 5.95 Å². The molecule has 0 aliphatic rings. The van der Waals surface area contributed by atoms with Crippen molar-refractivity contribution in [1.29, 1.82) is 0 Å². The maximum Gasteiger partial charge on any atom is 0.225 e. The molecule has 2 aromatic rings. The Bertz CT molecular complexity index is 479. The molecule has 0 aliphatic carbocycles. The summed E-state index contributed by atoms with van der Waals surface area (Å²) in [4.78, 5) is 15.9. The summed E-state index contributed by atoms with van der Waals surface area (Å²) in [5.74, 6) is 2.29. The van der Waals surface area contributed by atoms with E-state index >= 15 is 0 Å². The molecule has 0 unspecified atom stereocenters. The minimum Gasteiger partial charge on any atom is -0.357 e. The molecule has 2 N–H and O–H groups in total. The van der Waals surface area contributed by atoms with Gasteiger partial charge in [-0.25, -0.2) is 9.97 Å². The molecule has 2 aromatic heterocycles. The highest BCUT2D eigenvalue weighted by atomic mass is 32.2. The lowest BCUT2D eigenvalue weighted by molar-refractivity contribution is 0.749. The summed E-state index contributed by atoms with van der Waals surface area (Å²) in [5, 5.41) is 3.91. The predicted molar refractivity (Wildman–Crippen MR) is 66.8 cm³/mol. The largest absolute Gasteiger partial charge is 0.357 e. The van der Waals surface area contributed by atoms with E-state index in [0.29, 0.717) is 17.5 Å².